The van der Waals surface area contributed by atoms with Gasteiger partial charge in [0, 0.05) is 40.3 Å². The number of rotatable bonds is 10. The minimum Gasteiger partial charge on any atom is -0.493 e. The molecule has 21 heteroatoms. The zero-order valence-electron chi connectivity index (χ0n) is 51.0. The summed E-state index contributed by atoms with van der Waals surface area (Å²) in [6.45, 7) is 12.6. The Morgan fingerprint density at radius 2 is 1.45 bits per heavy atom. The Bertz CT molecular complexity index is 2830. The molecule has 2 bridgehead atoms. The summed E-state index contributed by atoms with van der Waals surface area (Å²) >= 11 is 0. The van der Waals surface area contributed by atoms with Gasteiger partial charge in [0.15, 0.2) is 18.1 Å². The van der Waals surface area contributed by atoms with Crippen molar-refractivity contribution in [2.75, 3.05) is 68.3 Å². The van der Waals surface area contributed by atoms with Gasteiger partial charge in [0.25, 0.3) is 11.8 Å². The van der Waals surface area contributed by atoms with Crippen LogP contribution in [0, 0.1) is 11.3 Å². The van der Waals surface area contributed by atoms with E-state index >= 15 is 0 Å². The second-order valence-corrected chi connectivity index (χ2v) is 23.4. The van der Waals surface area contributed by atoms with Gasteiger partial charge < -0.3 is 58.7 Å². The zero-order chi connectivity index (χ0) is 62.1. The van der Waals surface area contributed by atoms with Gasteiger partial charge >= 0.3 is 11.9 Å². The number of amides is 6. The largest absolute Gasteiger partial charge is 0.493 e. The molecule has 2 N–H and O–H groups in total. The van der Waals surface area contributed by atoms with E-state index < -0.39 is 114 Å². The van der Waals surface area contributed by atoms with Crippen LogP contribution in [0.15, 0.2) is 84.9 Å². The first-order valence-electron chi connectivity index (χ1n) is 28.6. The standard InChI is InChI=1S/C63H86N6O15/c1-40(2)34-46-58(75)66(9)32-19-18-27-53(71)82-39-63(7,8)55(72)60(77)69-33-20-17-26-47(69)61(78)84-49(30-28-42-29-31-50(79-12)51(35-42)80-13)44-24-21-25-45(36-44)81-38-52(70)67(10)41(3)56(73)65-54(43-22-15-14-16-23-43)59(76)68(11)48(57(74)64-46)37-83-62(4,5)6/h14-16,18,21-25,27,29,31,35-36,40-41,46-49,54H,17,19-20,26,28,30,32-34,37-39H2,1-13H3,(H,64,74)(H,65,73)/t41-,46+,47-,48-,49+,54?/m0/s1. The minimum atomic E-state index is -1.50. The fourth-order valence-electron chi connectivity index (χ4n) is 9.52. The topological polar surface area (TPSA) is 246 Å². The highest BCUT2D eigenvalue weighted by Gasteiger charge is 2.43. The summed E-state index contributed by atoms with van der Waals surface area (Å²) in [7, 11) is 7.44. The summed E-state index contributed by atoms with van der Waals surface area (Å²) in [6, 6.07) is 14.5. The van der Waals surface area contributed by atoms with E-state index in [-0.39, 0.29) is 57.0 Å². The maximum atomic E-state index is 14.8. The second-order valence-electron chi connectivity index (χ2n) is 23.4. The molecular weight excluding hydrogens is 1080 g/mol. The third-order valence-electron chi connectivity index (χ3n) is 14.8. The minimum absolute atomic E-state index is 0.0657. The number of methoxy groups -OCH3 is 2. The van der Waals surface area contributed by atoms with Gasteiger partial charge in [0.05, 0.1) is 31.8 Å². The Kier molecular flexibility index (Phi) is 24.4. The number of likely N-dealkylation sites (N-methyl/N-ethyl adjacent to an activating group) is 3. The molecule has 0 aromatic heterocycles. The van der Waals surface area contributed by atoms with Crippen LogP contribution < -0.4 is 24.8 Å². The lowest BCUT2D eigenvalue weighted by Crippen LogP contribution is -2.58. The number of piperidine rings is 1. The first-order valence-corrected chi connectivity index (χ1v) is 28.6. The first kappa shape index (κ1) is 67.0. The number of fused-ring (bicyclic) bond motifs is 3. The highest BCUT2D eigenvalue weighted by atomic mass is 16.5. The van der Waals surface area contributed by atoms with Crippen molar-refractivity contribution >= 4 is 53.2 Å². The predicted octanol–water partition coefficient (Wildman–Crippen LogP) is 6.12. The zero-order valence-corrected chi connectivity index (χ0v) is 51.0. The van der Waals surface area contributed by atoms with Gasteiger partial charge in [0.2, 0.25) is 29.4 Å². The van der Waals surface area contributed by atoms with E-state index in [0.717, 1.165) is 11.6 Å². The summed E-state index contributed by atoms with van der Waals surface area (Å²) in [5.41, 5.74) is -0.544. The number of Topliss-reactive ketones (excluding diaryl/α,β-unsaturated/α-hetero) is 1. The third kappa shape index (κ3) is 18.9. The number of aryl methyl sites for hydroxylation is 1. The lowest BCUT2D eigenvalue weighted by Gasteiger charge is -2.36. The monoisotopic (exact) mass is 1170 g/mol. The summed E-state index contributed by atoms with van der Waals surface area (Å²) in [6.07, 6.45) is 4.08. The van der Waals surface area contributed by atoms with E-state index in [0.29, 0.717) is 41.9 Å². The number of cyclic esters (lactones) is 2. The van der Waals surface area contributed by atoms with E-state index in [4.69, 9.17) is 28.4 Å². The van der Waals surface area contributed by atoms with Crippen LogP contribution in [-0.2, 0) is 63.8 Å². The highest BCUT2D eigenvalue weighted by Crippen LogP contribution is 2.33. The van der Waals surface area contributed by atoms with Gasteiger partial charge in [-0.05, 0) is 133 Å². The fourth-order valence-corrected chi connectivity index (χ4v) is 9.52. The van der Waals surface area contributed by atoms with Gasteiger partial charge in [-0.2, -0.15) is 0 Å². The molecule has 6 amide bonds. The Morgan fingerprint density at radius 3 is 2.12 bits per heavy atom. The van der Waals surface area contributed by atoms with Crippen molar-refractivity contribution in [3.05, 3.63) is 102 Å². The van der Waals surface area contributed by atoms with Crippen molar-refractivity contribution in [1.29, 1.82) is 0 Å². The quantitative estimate of drug-likeness (QED) is 0.172. The molecule has 21 nitrogen and oxygen atoms in total. The number of carbonyl (C=O) groups excluding carboxylic acids is 9. The van der Waals surface area contributed by atoms with E-state index in [9.17, 15) is 43.2 Å². The average Bonchev–Trinajstić information content (AvgIpc) is 3.51. The molecule has 3 aromatic carbocycles. The number of esters is 2. The van der Waals surface area contributed by atoms with Crippen molar-refractivity contribution < 1.29 is 71.6 Å². The summed E-state index contributed by atoms with van der Waals surface area (Å²) in [4.78, 5) is 132. The molecule has 1 unspecified atom stereocenters. The molecule has 1 saturated heterocycles. The molecule has 84 heavy (non-hydrogen) atoms. The fraction of sp³-hybridized carbons (Fsp3) is 0.540. The number of benzene rings is 3. The van der Waals surface area contributed by atoms with Gasteiger partial charge in [-0.3, -0.25) is 33.6 Å². The van der Waals surface area contributed by atoms with Gasteiger partial charge in [0.1, 0.15) is 48.7 Å². The van der Waals surface area contributed by atoms with Crippen LogP contribution in [0.3, 0.4) is 0 Å². The molecule has 0 radical (unpaired) electrons. The van der Waals surface area contributed by atoms with Crippen LogP contribution in [-0.4, -0.2) is 171 Å². The van der Waals surface area contributed by atoms with E-state index in [2.05, 4.69) is 10.6 Å². The Balaban J connectivity index is 1.51. The first-order chi connectivity index (χ1) is 39.7. The maximum absolute atomic E-state index is 14.8. The highest BCUT2D eigenvalue weighted by molar-refractivity contribution is 6.38. The Hall–Kier alpha value is -7.81. The smallest absolute Gasteiger partial charge is 0.330 e. The molecule has 3 aromatic rings. The molecule has 2 aliphatic rings. The van der Waals surface area contributed by atoms with Crippen LogP contribution in [0.4, 0.5) is 0 Å². The number of hydrogen-bond acceptors (Lipinski definition) is 15. The number of nitrogens with zero attached hydrogens (tertiary/aromatic N) is 4. The van der Waals surface area contributed by atoms with Crippen LogP contribution in [0.1, 0.15) is 123 Å². The molecule has 0 spiro atoms. The lowest BCUT2D eigenvalue weighted by molar-refractivity contribution is -0.165. The number of hydrogen-bond donors (Lipinski definition) is 2. The van der Waals surface area contributed by atoms with Crippen molar-refractivity contribution in [2.45, 2.75) is 142 Å². The number of ether oxygens (including phenoxy) is 6. The summed E-state index contributed by atoms with van der Waals surface area (Å²) in [5, 5.41) is 5.69. The van der Waals surface area contributed by atoms with Crippen LogP contribution in [0.25, 0.3) is 0 Å². The Morgan fingerprint density at radius 1 is 0.762 bits per heavy atom. The molecule has 0 saturated carbocycles. The molecule has 2 aliphatic heterocycles. The van der Waals surface area contributed by atoms with Crippen LogP contribution in [0.2, 0.25) is 0 Å². The van der Waals surface area contributed by atoms with Crippen molar-refractivity contribution in [3.8, 4) is 17.2 Å². The van der Waals surface area contributed by atoms with Crippen molar-refractivity contribution in [2.24, 2.45) is 11.3 Å². The summed E-state index contributed by atoms with van der Waals surface area (Å²) < 4.78 is 34.9. The lowest BCUT2D eigenvalue weighted by atomic mass is 9.87. The Labute approximate surface area is 494 Å². The number of carbonyl (C=O) groups is 9. The van der Waals surface area contributed by atoms with E-state index in [1.54, 1.807) is 88.5 Å². The second kappa shape index (κ2) is 30.7. The van der Waals surface area contributed by atoms with Crippen LogP contribution in [0.5, 0.6) is 17.2 Å². The van der Waals surface area contributed by atoms with Crippen molar-refractivity contribution in [1.82, 2.24) is 30.2 Å². The molecular formula is C63H86N6O15. The number of nitrogens with one attached hydrogen (secondary N) is 2. The average molecular weight is 1170 g/mol. The predicted molar refractivity (Wildman–Crippen MR) is 312 cm³/mol. The van der Waals surface area contributed by atoms with Crippen molar-refractivity contribution in [3.63, 3.8) is 0 Å². The molecule has 1 fully saturated rings. The summed E-state index contributed by atoms with van der Waals surface area (Å²) in [5.74, 6) is -5.24. The SMILES string of the molecule is COc1ccc(CC[C@H]2OC(=O)[C@@H]3CCCCN3C(=O)C(=O)C(C)(C)COC(=O)C=CCCN(C)C(=O)[C@@H](CC(C)C)NC(=O)[C@H](COC(C)(C)C)N(C)C(=O)C(c3ccccc3)NC(=O)[C@H](C)N(C)C(=O)COc3cccc2c3)cc1OC. The normalized spacial score (nSPS) is 23.0. The van der Waals surface area contributed by atoms with Gasteiger partial charge in [-0.25, -0.2) is 9.59 Å². The molecule has 0 aliphatic carbocycles. The molecule has 5 rings (SSSR count). The van der Waals surface area contributed by atoms with E-state index in [1.807, 2.05) is 26.0 Å². The molecule has 6 atom stereocenters. The van der Waals surface area contributed by atoms with Gasteiger partial charge in [-0.1, -0.05) is 68.5 Å². The number of ketones is 1. The third-order valence-corrected chi connectivity index (χ3v) is 14.8. The van der Waals surface area contributed by atoms with Crippen LogP contribution >= 0.6 is 0 Å². The van der Waals surface area contributed by atoms with E-state index in [1.165, 1.54) is 74.8 Å². The molecule has 458 valence electrons. The van der Waals surface area contributed by atoms with Gasteiger partial charge in [-0.15, -0.1) is 0 Å². The maximum Gasteiger partial charge on any atom is 0.330 e. The molecule has 2 heterocycles.